The first-order valence-electron chi connectivity index (χ1n) is 7.05. The number of aryl methyl sites for hydroxylation is 1. The van der Waals surface area contributed by atoms with Crippen LogP contribution in [-0.4, -0.2) is 26.7 Å². The van der Waals surface area contributed by atoms with E-state index < -0.39 is 0 Å². The van der Waals surface area contributed by atoms with Gasteiger partial charge in [-0.25, -0.2) is 4.68 Å². The van der Waals surface area contributed by atoms with Gasteiger partial charge >= 0.3 is 0 Å². The minimum Gasteiger partial charge on any atom is -0.283 e. The summed E-state index contributed by atoms with van der Waals surface area (Å²) >= 11 is 7.08. The highest BCUT2D eigenvalue weighted by atomic mass is 32.1. The fourth-order valence-electron chi connectivity index (χ4n) is 2.28. The molecule has 0 fully saturated rings. The first-order valence-corrected chi connectivity index (χ1v) is 8.40. The topological polar surface area (TPSA) is 36.9 Å². The van der Waals surface area contributed by atoms with Crippen molar-refractivity contribution in [3.05, 3.63) is 57.0 Å². The zero-order chi connectivity index (χ0) is 15.5. The van der Waals surface area contributed by atoms with E-state index in [1.807, 2.05) is 4.68 Å². The predicted octanol–water partition coefficient (Wildman–Crippen LogP) is 4.07. The van der Waals surface area contributed by atoms with E-state index in [0.29, 0.717) is 11.4 Å². The molecule has 2 heterocycles. The Bertz CT molecular complexity index is 784. The minimum absolute atomic E-state index is 0.577. The van der Waals surface area contributed by atoms with Crippen molar-refractivity contribution in [2.45, 2.75) is 20.1 Å². The molecule has 114 valence electrons. The average Bonchev–Trinajstić information content (AvgIpc) is 3.10. The Labute approximate surface area is 139 Å². The Morgan fingerprint density at radius 2 is 2.05 bits per heavy atom. The van der Waals surface area contributed by atoms with E-state index in [4.69, 9.17) is 12.2 Å². The van der Waals surface area contributed by atoms with Gasteiger partial charge in [-0.15, -0.1) is 0 Å². The number of rotatable bonds is 5. The van der Waals surface area contributed by atoms with Crippen LogP contribution in [0.3, 0.4) is 0 Å². The van der Waals surface area contributed by atoms with E-state index in [1.165, 1.54) is 11.1 Å². The quantitative estimate of drug-likeness (QED) is 0.717. The largest absolute Gasteiger partial charge is 0.283 e. The summed E-state index contributed by atoms with van der Waals surface area (Å²) in [6.07, 6.45) is 0. The monoisotopic (exact) mass is 330 g/mol. The molecule has 0 spiro atoms. The lowest BCUT2D eigenvalue weighted by atomic mass is 10.1. The fourth-order valence-corrected chi connectivity index (χ4v) is 3.13. The third-order valence-electron chi connectivity index (χ3n) is 3.42. The molecule has 1 N–H and O–H groups in total. The van der Waals surface area contributed by atoms with Crippen molar-refractivity contribution < 1.29 is 0 Å². The molecule has 3 aromatic rings. The minimum atomic E-state index is 0.577. The second-order valence-corrected chi connectivity index (χ2v) is 6.58. The van der Waals surface area contributed by atoms with Crippen molar-refractivity contribution in [2.24, 2.45) is 0 Å². The molecule has 0 unspecified atom stereocenters. The number of H-pyrrole nitrogens is 1. The van der Waals surface area contributed by atoms with Gasteiger partial charge < -0.3 is 0 Å². The zero-order valence-electron chi connectivity index (χ0n) is 12.6. The van der Waals surface area contributed by atoms with Crippen molar-refractivity contribution >= 4 is 23.6 Å². The lowest BCUT2D eigenvalue weighted by Gasteiger charge is -2.15. The van der Waals surface area contributed by atoms with Crippen LogP contribution in [0.4, 0.5) is 0 Å². The van der Waals surface area contributed by atoms with Gasteiger partial charge in [-0.2, -0.15) is 16.3 Å². The summed E-state index contributed by atoms with van der Waals surface area (Å²) in [7, 11) is 2.08. The number of nitrogens with zero attached hydrogens (tertiary/aromatic N) is 3. The van der Waals surface area contributed by atoms with E-state index in [1.54, 1.807) is 11.3 Å². The normalized spacial score (nSPS) is 11.2. The molecule has 0 aliphatic carbocycles. The average molecular weight is 330 g/mol. The van der Waals surface area contributed by atoms with Gasteiger partial charge in [-0.3, -0.25) is 10.00 Å². The summed E-state index contributed by atoms with van der Waals surface area (Å²) in [5.41, 5.74) is 3.60. The molecule has 3 rings (SSSR count). The number of nitrogens with one attached hydrogen (secondary N) is 1. The molecule has 4 nitrogen and oxygen atoms in total. The molecule has 0 radical (unpaired) electrons. The van der Waals surface area contributed by atoms with Crippen LogP contribution in [0.15, 0.2) is 41.1 Å². The van der Waals surface area contributed by atoms with Crippen molar-refractivity contribution in [2.75, 3.05) is 7.05 Å². The highest BCUT2D eigenvalue weighted by Crippen LogP contribution is 2.16. The third kappa shape index (κ3) is 3.52. The predicted molar refractivity (Wildman–Crippen MR) is 93.4 cm³/mol. The summed E-state index contributed by atoms with van der Waals surface area (Å²) in [5.74, 6) is 0.814. The second-order valence-electron chi connectivity index (χ2n) is 5.44. The van der Waals surface area contributed by atoms with Crippen LogP contribution < -0.4 is 0 Å². The number of benzene rings is 1. The smallest absolute Gasteiger partial charge is 0.217 e. The Kier molecular flexibility index (Phi) is 4.52. The van der Waals surface area contributed by atoms with Gasteiger partial charge in [0.2, 0.25) is 4.77 Å². The molecular weight excluding hydrogens is 312 g/mol. The number of hydrogen-bond acceptors (Lipinski definition) is 4. The SMILES string of the molecule is Cc1ccc(-c2nc(=S)n(CN(C)Cc3ccsc3)[nH]2)cc1. The van der Waals surface area contributed by atoms with E-state index >= 15 is 0 Å². The lowest BCUT2D eigenvalue weighted by molar-refractivity contribution is 0.245. The Morgan fingerprint density at radius 1 is 1.27 bits per heavy atom. The summed E-state index contributed by atoms with van der Waals surface area (Å²) in [6, 6.07) is 10.4. The van der Waals surface area contributed by atoms with Gasteiger partial charge in [0.1, 0.15) is 0 Å². The molecule has 0 aliphatic heterocycles. The van der Waals surface area contributed by atoms with Crippen LogP contribution >= 0.6 is 23.6 Å². The summed E-state index contributed by atoms with van der Waals surface area (Å²) in [6.45, 7) is 3.65. The van der Waals surface area contributed by atoms with Crippen LogP contribution in [0.25, 0.3) is 11.4 Å². The fraction of sp³-hybridized carbons (Fsp3) is 0.250. The van der Waals surface area contributed by atoms with E-state index in [2.05, 4.69) is 70.0 Å². The molecule has 0 aliphatic rings. The Morgan fingerprint density at radius 3 is 2.73 bits per heavy atom. The van der Waals surface area contributed by atoms with Gasteiger partial charge in [0.05, 0.1) is 6.67 Å². The molecule has 0 amide bonds. The van der Waals surface area contributed by atoms with E-state index in [9.17, 15) is 0 Å². The Hall–Kier alpha value is -1.76. The summed E-state index contributed by atoms with van der Waals surface area (Å²) in [5, 5.41) is 7.55. The maximum Gasteiger partial charge on any atom is 0.217 e. The highest BCUT2D eigenvalue weighted by Gasteiger charge is 2.07. The molecule has 6 heteroatoms. The lowest BCUT2D eigenvalue weighted by Crippen LogP contribution is -2.22. The number of hydrogen-bond donors (Lipinski definition) is 1. The van der Waals surface area contributed by atoms with Gasteiger partial charge in [0.15, 0.2) is 5.82 Å². The van der Waals surface area contributed by atoms with Crippen molar-refractivity contribution in [1.82, 2.24) is 19.7 Å². The second kappa shape index (κ2) is 6.56. The molecule has 0 saturated carbocycles. The number of thiophene rings is 1. The van der Waals surface area contributed by atoms with Gasteiger partial charge in [0, 0.05) is 12.1 Å². The standard InChI is InChI=1S/C16H18N4S2/c1-12-3-5-14(6-4-12)15-17-16(21)20(18-15)11-19(2)9-13-7-8-22-10-13/h3-8,10H,9,11H2,1-2H3,(H,17,18,21). The van der Waals surface area contributed by atoms with Crippen LogP contribution in [0, 0.1) is 11.7 Å². The first-order chi connectivity index (χ1) is 10.6. The van der Waals surface area contributed by atoms with Crippen molar-refractivity contribution in [3.63, 3.8) is 0 Å². The van der Waals surface area contributed by atoms with Gasteiger partial charge in [-0.05, 0) is 48.6 Å². The van der Waals surface area contributed by atoms with Crippen molar-refractivity contribution in [1.29, 1.82) is 0 Å². The van der Waals surface area contributed by atoms with Crippen LogP contribution in [0.5, 0.6) is 0 Å². The number of aromatic nitrogens is 3. The highest BCUT2D eigenvalue weighted by molar-refractivity contribution is 7.71. The van der Waals surface area contributed by atoms with Gasteiger partial charge in [0.25, 0.3) is 0 Å². The number of aromatic amines is 1. The molecular formula is C16H18N4S2. The van der Waals surface area contributed by atoms with Gasteiger partial charge in [-0.1, -0.05) is 29.8 Å². The van der Waals surface area contributed by atoms with E-state index in [0.717, 1.165) is 17.9 Å². The third-order valence-corrected chi connectivity index (χ3v) is 4.46. The zero-order valence-corrected chi connectivity index (χ0v) is 14.2. The van der Waals surface area contributed by atoms with Crippen LogP contribution in [-0.2, 0) is 13.2 Å². The Balaban J connectivity index is 1.75. The van der Waals surface area contributed by atoms with E-state index in [-0.39, 0.29) is 0 Å². The van der Waals surface area contributed by atoms with Crippen LogP contribution in [0.2, 0.25) is 0 Å². The summed E-state index contributed by atoms with van der Waals surface area (Å²) in [4.78, 5) is 6.66. The molecule has 1 aromatic carbocycles. The van der Waals surface area contributed by atoms with Crippen LogP contribution in [0.1, 0.15) is 11.1 Å². The van der Waals surface area contributed by atoms with Crippen molar-refractivity contribution in [3.8, 4) is 11.4 Å². The molecule has 0 atom stereocenters. The maximum atomic E-state index is 5.36. The first kappa shape index (κ1) is 15.1. The molecule has 22 heavy (non-hydrogen) atoms. The molecule has 0 bridgehead atoms. The summed E-state index contributed by atoms with van der Waals surface area (Å²) < 4.78 is 2.48. The molecule has 2 aromatic heterocycles. The maximum absolute atomic E-state index is 5.36. The molecule has 0 saturated heterocycles.